The highest BCUT2D eigenvalue weighted by atomic mass is 16.7. The van der Waals surface area contributed by atoms with Gasteiger partial charge in [-0.25, -0.2) is 4.79 Å². The molecule has 0 spiro atoms. The molecule has 0 aromatic heterocycles. The molecule has 1 aromatic rings. The number of allylic oxidation sites excluding steroid dienone is 1. The molecular weight excluding hydrogens is 260 g/mol. The van der Waals surface area contributed by atoms with Gasteiger partial charge in [0.15, 0.2) is 11.5 Å². The van der Waals surface area contributed by atoms with Crippen LogP contribution < -0.4 is 9.47 Å². The van der Waals surface area contributed by atoms with E-state index in [1.807, 2.05) is 18.2 Å². The van der Waals surface area contributed by atoms with E-state index in [4.69, 9.17) is 18.9 Å². The van der Waals surface area contributed by atoms with Gasteiger partial charge in [-0.15, -0.1) is 0 Å². The molecule has 1 aliphatic rings. The molecular formula is C15H18O5. The van der Waals surface area contributed by atoms with Crippen LogP contribution in [0.3, 0.4) is 0 Å². The van der Waals surface area contributed by atoms with Crippen LogP contribution in [0.1, 0.15) is 18.9 Å². The molecule has 0 amide bonds. The average molecular weight is 278 g/mol. The minimum Gasteiger partial charge on any atom is -0.501 e. The van der Waals surface area contributed by atoms with Gasteiger partial charge < -0.3 is 18.9 Å². The number of carbonyl (C=O) groups excluding carboxylic acids is 1. The third kappa shape index (κ3) is 3.91. The highest BCUT2D eigenvalue weighted by Gasteiger charge is 2.12. The van der Waals surface area contributed by atoms with E-state index < -0.39 is 0 Å². The lowest BCUT2D eigenvalue weighted by atomic mass is 10.1. The Bertz CT molecular complexity index is 507. The zero-order chi connectivity index (χ0) is 14.4. The topological polar surface area (TPSA) is 54.0 Å². The summed E-state index contributed by atoms with van der Waals surface area (Å²) in [6.45, 7) is 2.36. The van der Waals surface area contributed by atoms with Crippen molar-refractivity contribution in [3.63, 3.8) is 0 Å². The molecule has 20 heavy (non-hydrogen) atoms. The van der Waals surface area contributed by atoms with Crippen LogP contribution in [0.4, 0.5) is 0 Å². The van der Waals surface area contributed by atoms with Crippen molar-refractivity contribution in [2.45, 2.75) is 19.8 Å². The standard InChI is InChI=1S/C15H18O5/c1-11(17-2)8-15(16)18-7-3-4-12-5-6-13-14(9-12)20-10-19-13/h5-6,8-9H,3-4,7,10H2,1-2H3. The molecule has 0 unspecified atom stereocenters. The Morgan fingerprint density at radius 1 is 1.35 bits per heavy atom. The van der Waals surface area contributed by atoms with E-state index in [9.17, 15) is 4.79 Å². The fourth-order valence-electron chi connectivity index (χ4n) is 1.81. The molecule has 2 rings (SSSR count). The van der Waals surface area contributed by atoms with Crippen LogP contribution in [0.15, 0.2) is 30.0 Å². The molecule has 1 aliphatic heterocycles. The van der Waals surface area contributed by atoms with Gasteiger partial charge in [0, 0.05) is 0 Å². The van der Waals surface area contributed by atoms with Gasteiger partial charge in [0.05, 0.1) is 25.6 Å². The summed E-state index contributed by atoms with van der Waals surface area (Å²) in [6, 6.07) is 5.85. The maximum atomic E-state index is 11.4. The maximum Gasteiger partial charge on any atom is 0.334 e. The van der Waals surface area contributed by atoms with Crippen molar-refractivity contribution in [2.75, 3.05) is 20.5 Å². The van der Waals surface area contributed by atoms with Gasteiger partial charge in [0.1, 0.15) is 0 Å². The Labute approximate surface area is 118 Å². The summed E-state index contributed by atoms with van der Waals surface area (Å²) < 4.78 is 20.5. The number of carbonyl (C=O) groups is 1. The highest BCUT2D eigenvalue weighted by molar-refractivity contribution is 5.82. The number of esters is 1. The summed E-state index contributed by atoms with van der Waals surface area (Å²) in [6.07, 6.45) is 2.91. The summed E-state index contributed by atoms with van der Waals surface area (Å²) in [5, 5.41) is 0. The number of rotatable bonds is 6. The molecule has 1 aromatic carbocycles. The van der Waals surface area contributed by atoms with E-state index in [1.165, 1.54) is 13.2 Å². The first-order chi connectivity index (χ1) is 9.69. The number of aryl methyl sites for hydroxylation is 1. The third-order valence-electron chi connectivity index (χ3n) is 2.93. The quantitative estimate of drug-likeness (QED) is 0.346. The molecule has 108 valence electrons. The van der Waals surface area contributed by atoms with Gasteiger partial charge in [-0.1, -0.05) is 6.07 Å². The lowest BCUT2D eigenvalue weighted by Crippen LogP contribution is -2.04. The second-order valence-corrected chi connectivity index (χ2v) is 4.42. The zero-order valence-corrected chi connectivity index (χ0v) is 11.7. The molecule has 0 fully saturated rings. The minimum atomic E-state index is -0.380. The van der Waals surface area contributed by atoms with Gasteiger partial charge in [-0.3, -0.25) is 0 Å². The van der Waals surface area contributed by atoms with Crippen LogP contribution in [0.25, 0.3) is 0 Å². The second kappa shape index (κ2) is 6.84. The Kier molecular flexibility index (Phi) is 4.87. The van der Waals surface area contributed by atoms with Crippen molar-refractivity contribution in [1.29, 1.82) is 0 Å². The van der Waals surface area contributed by atoms with E-state index >= 15 is 0 Å². The molecule has 0 bridgehead atoms. The lowest BCUT2D eigenvalue weighted by molar-refractivity contribution is -0.138. The molecule has 0 atom stereocenters. The van der Waals surface area contributed by atoms with Crippen molar-refractivity contribution >= 4 is 5.97 Å². The molecule has 1 heterocycles. The molecule has 0 N–H and O–H groups in total. The van der Waals surface area contributed by atoms with Crippen LogP contribution >= 0.6 is 0 Å². The second-order valence-electron chi connectivity index (χ2n) is 4.42. The van der Waals surface area contributed by atoms with Gasteiger partial charge in [0.25, 0.3) is 0 Å². The molecule has 0 saturated heterocycles. The lowest BCUT2D eigenvalue weighted by Gasteiger charge is -2.04. The molecule has 5 nitrogen and oxygen atoms in total. The summed E-state index contributed by atoms with van der Waals surface area (Å²) in [7, 11) is 1.51. The Morgan fingerprint density at radius 2 is 2.15 bits per heavy atom. The zero-order valence-electron chi connectivity index (χ0n) is 11.7. The minimum absolute atomic E-state index is 0.279. The highest BCUT2D eigenvalue weighted by Crippen LogP contribution is 2.32. The van der Waals surface area contributed by atoms with Crippen LogP contribution in [-0.4, -0.2) is 26.5 Å². The molecule has 0 saturated carbocycles. The van der Waals surface area contributed by atoms with Crippen LogP contribution in [0.2, 0.25) is 0 Å². The SMILES string of the molecule is COC(C)=CC(=O)OCCCc1ccc2c(c1)OCO2. The fourth-order valence-corrected chi connectivity index (χ4v) is 1.81. The molecule has 5 heteroatoms. The predicted molar refractivity (Wildman–Crippen MR) is 72.6 cm³/mol. The monoisotopic (exact) mass is 278 g/mol. The third-order valence-corrected chi connectivity index (χ3v) is 2.93. The van der Waals surface area contributed by atoms with E-state index in [0.717, 1.165) is 29.9 Å². The van der Waals surface area contributed by atoms with Crippen LogP contribution in [-0.2, 0) is 20.7 Å². The van der Waals surface area contributed by atoms with E-state index in [-0.39, 0.29) is 12.8 Å². The smallest absolute Gasteiger partial charge is 0.334 e. The normalized spacial score (nSPS) is 13.2. The van der Waals surface area contributed by atoms with Crippen LogP contribution in [0.5, 0.6) is 11.5 Å². The van der Waals surface area contributed by atoms with E-state index in [0.29, 0.717) is 12.4 Å². The number of fused-ring (bicyclic) bond motifs is 1. The summed E-state index contributed by atoms with van der Waals surface area (Å²) in [5.41, 5.74) is 1.13. The van der Waals surface area contributed by atoms with Gasteiger partial charge in [0.2, 0.25) is 6.79 Å². The number of benzene rings is 1. The Hall–Kier alpha value is -2.17. The first-order valence-corrected chi connectivity index (χ1v) is 6.46. The number of hydrogen-bond acceptors (Lipinski definition) is 5. The van der Waals surface area contributed by atoms with Crippen molar-refractivity contribution < 1.29 is 23.7 Å². The molecule has 0 aliphatic carbocycles. The van der Waals surface area contributed by atoms with Crippen molar-refractivity contribution in [3.8, 4) is 11.5 Å². The number of hydrogen-bond donors (Lipinski definition) is 0. The van der Waals surface area contributed by atoms with Crippen molar-refractivity contribution in [2.24, 2.45) is 0 Å². The Balaban J connectivity index is 1.72. The first kappa shape index (κ1) is 14.2. The van der Waals surface area contributed by atoms with Crippen molar-refractivity contribution in [3.05, 3.63) is 35.6 Å². The van der Waals surface area contributed by atoms with Gasteiger partial charge in [-0.05, 0) is 37.5 Å². The predicted octanol–water partition coefficient (Wildman–Crippen LogP) is 2.44. The van der Waals surface area contributed by atoms with E-state index in [2.05, 4.69) is 0 Å². The van der Waals surface area contributed by atoms with Gasteiger partial charge in [-0.2, -0.15) is 0 Å². The summed E-state index contributed by atoms with van der Waals surface area (Å²) in [4.78, 5) is 11.4. The number of ether oxygens (including phenoxy) is 4. The summed E-state index contributed by atoms with van der Waals surface area (Å²) >= 11 is 0. The van der Waals surface area contributed by atoms with Crippen LogP contribution in [0, 0.1) is 0 Å². The van der Waals surface area contributed by atoms with E-state index in [1.54, 1.807) is 6.92 Å². The van der Waals surface area contributed by atoms with Gasteiger partial charge >= 0.3 is 5.97 Å². The Morgan fingerprint density at radius 3 is 2.95 bits per heavy atom. The number of methoxy groups -OCH3 is 1. The van der Waals surface area contributed by atoms with Crippen molar-refractivity contribution in [1.82, 2.24) is 0 Å². The fraction of sp³-hybridized carbons (Fsp3) is 0.400. The maximum absolute atomic E-state index is 11.4. The summed E-state index contributed by atoms with van der Waals surface area (Å²) in [5.74, 6) is 1.71. The average Bonchev–Trinajstić information content (AvgIpc) is 2.91. The largest absolute Gasteiger partial charge is 0.501 e. The molecule has 0 radical (unpaired) electrons. The first-order valence-electron chi connectivity index (χ1n) is 6.46.